The Morgan fingerprint density at radius 3 is 2.70 bits per heavy atom. The number of aromatic nitrogens is 1. The van der Waals surface area contributed by atoms with Gasteiger partial charge in [0.25, 0.3) is 5.91 Å². The molecule has 20 heavy (non-hydrogen) atoms. The first-order valence-electron chi connectivity index (χ1n) is 6.21. The van der Waals surface area contributed by atoms with Crippen molar-refractivity contribution in [1.29, 1.82) is 0 Å². The fourth-order valence-corrected chi connectivity index (χ4v) is 2.13. The van der Waals surface area contributed by atoms with Crippen molar-refractivity contribution >= 4 is 23.2 Å². The number of halogens is 1. The molecule has 0 saturated heterocycles. The molecule has 0 aliphatic carbocycles. The minimum Gasteiger partial charge on any atom is -0.398 e. The number of carbonyl (C=O) groups excluding carboxylic acids is 1. The Bertz CT molecular complexity index is 643. The summed E-state index contributed by atoms with van der Waals surface area (Å²) in [5.74, 6) is -0.175. The third-order valence-corrected chi connectivity index (χ3v) is 3.37. The first-order valence-corrected chi connectivity index (χ1v) is 6.59. The molecule has 0 spiro atoms. The Balaban J connectivity index is 2.19. The number of benzene rings is 1. The van der Waals surface area contributed by atoms with E-state index >= 15 is 0 Å². The molecule has 2 rings (SSSR count). The van der Waals surface area contributed by atoms with Crippen LogP contribution >= 0.6 is 11.6 Å². The fourth-order valence-electron chi connectivity index (χ4n) is 1.92. The fraction of sp³-hybridized carbons (Fsp3) is 0.200. The van der Waals surface area contributed by atoms with Crippen LogP contribution in [0.2, 0.25) is 5.02 Å². The third-order valence-electron chi connectivity index (χ3n) is 2.95. The Labute approximate surface area is 123 Å². The van der Waals surface area contributed by atoms with Crippen molar-refractivity contribution in [1.82, 2.24) is 9.88 Å². The molecule has 104 valence electrons. The molecule has 5 heteroatoms. The number of hydrogen-bond acceptors (Lipinski definition) is 3. The smallest absolute Gasteiger partial charge is 0.255 e. The van der Waals surface area contributed by atoms with Gasteiger partial charge in [0.1, 0.15) is 0 Å². The van der Waals surface area contributed by atoms with Crippen molar-refractivity contribution in [3.8, 4) is 0 Å². The summed E-state index contributed by atoms with van der Waals surface area (Å²) < 4.78 is 0. The number of rotatable bonds is 3. The SMILES string of the molecule is Cc1cccc(CN(C)C(=O)c2cccc(N)c2Cl)n1. The summed E-state index contributed by atoms with van der Waals surface area (Å²) in [4.78, 5) is 18.3. The van der Waals surface area contributed by atoms with Gasteiger partial charge in [0.2, 0.25) is 0 Å². The molecule has 1 aromatic carbocycles. The molecule has 0 fully saturated rings. The zero-order valence-corrected chi connectivity index (χ0v) is 12.2. The van der Waals surface area contributed by atoms with E-state index in [0.717, 1.165) is 11.4 Å². The predicted molar refractivity (Wildman–Crippen MR) is 80.6 cm³/mol. The van der Waals surface area contributed by atoms with Crippen molar-refractivity contribution < 1.29 is 4.79 Å². The minimum absolute atomic E-state index is 0.175. The van der Waals surface area contributed by atoms with Gasteiger partial charge in [-0.1, -0.05) is 23.7 Å². The van der Waals surface area contributed by atoms with Gasteiger partial charge in [-0.25, -0.2) is 0 Å². The molecule has 0 aliphatic rings. The summed E-state index contributed by atoms with van der Waals surface area (Å²) in [6.45, 7) is 2.34. The predicted octanol–water partition coefficient (Wildman–Crippen LogP) is 2.90. The quantitative estimate of drug-likeness (QED) is 0.884. The largest absolute Gasteiger partial charge is 0.398 e. The first-order chi connectivity index (χ1) is 9.49. The monoisotopic (exact) mass is 289 g/mol. The summed E-state index contributed by atoms with van der Waals surface area (Å²) in [6, 6.07) is 10.8. The van der Waals surface area contributed by atoms with E-state index in [-0.39, 0.29) is 5.91 Å². The average Bonchev–Trinajstić information content (AvgIpc) is 2.41. The normalized spacial score (nSPS) is 10.3. The van der Waals surface area contributed by atoms with Crippen LogP contribution in [-0.2, 0) is 6.54 Å². The van der Waals surface area contributed by atoms with E-state index in [0.29, 0.717) is 22.8 Å². The van der Waals surface area contributed by atoms with Gasteiger partial charge in [-0.3, -0.25) is 9.78 Å². The lowest BCUT2D eigenvalue weighted by Gasteiger charge is -2.18. The summed E-state index contributed by atoms with van der Waals surface area (Å²) in [7, 11) is 1.71. The highest BCUT2D eigenvalue weighted by Crippen LogP contribution is 2.24. The van der Waals surface area contributed by atoms with E-state index < -0.39 is 0 Å². The second kappa shape index (κ2) is 5.92. The molecule has 1 aromatic heterocycles. The van der Waals surface area contributed by atoms with Gasteiger partial charge in [-0.15, -0.1) is 0 Å². The van der Waals surface area contributed by atoms with Crippen LogP contribution in [0, 0.1) is 6.92 Å². The number of nitrogens with two attached hydrogens (primary N) is 1. The molecule has 0 bridgehead atoms. The zero-order valence-electron chi connectivity index (χ0n) is 11.4. The van der Waals surface area contributed by atoms with Crippen LogP contribution in [0.5, 0.6) is 0 Å². The van der Waals surface area contributed by atoms with Gasteiger partial charge in [-0.2, -0.15) is 0 Å². The van der Waals surface area contributed by atoms with E-state index in [9.17, 15) is 4.79 Å². The van der Waals surface area contributed by atoms with Crippen molar-refractivity contribution in [3.05, 3.63) is 58.4 Å². The van der Waals surface area contributed by atoms with E-state index in [1.807, 2.05) is 25.1 Å². The number of pyridine rings is 1. The summed E-state index contributed by atoms with van der Waals surface area (Å²) in [5, 5.41) is 0.293. The standard InChI is InChI=1S/C15H16ClN3O/c1-10-5-3-6-11(18-10)9-19(2)15(20)12-7-4-8-13(17)14(12)16/h3-8H,9,17H2,1-2H3. The van der Waals surface area contributed by atoms with Gasteiger partial charge < -0.3 is 10.6 Å². The van der Waals surface area contributed by atoms with Gasteiger partial charge in [0.15, 0.2) is 0 Å². The maximum absolute atomic E-state index is 12.4. The maximum atomic E-state index is 12.4. The van der Waals surface area contributed by atoms with Crippen LogP contribution in [0.15, 0.2) is 36.4 Å². The molecule has 0 radical (unpaired) electrons. The second-order valence-electron chi connectivity index (χ2n) is 4.64. The molecule has 4 nitrogen and oxygen atoms in total. The van der Waals surface area contributed by atoms with Crippen LogP contribution < -0.4 is 5.73 Å². The molecule has 0 saturated carbocycles. The highest BCUT2D eigenvalue weighted by Gasteiger charge is 2.16. The molecule has 1 amide bonds. The van der Waals surface area contributed by atoms with Crippen molar-refractivity contribution in [2.24, 2.45) is 0 Å². The number of hydrogen-bond donors (Lipinski definition) is 1. The second-order valence-corrected chi connectivity index (χ2v) is 5.02. The highest BCUT2D eigenvalue weighted by molar-refractivity contribution is 6.36. The molecule has 1 heterocycles. The van der Waals surface area contributed by atoms with E-state index in [4.69, 9.17) is 17.3 Å². The maximum Gasteiger partial charge on any atom is 0.255 e. The Morgan fingerprint density at radius 2 is 2.00 bits per heavy atom. The molecule has 0 aliphatic heterocycles. The third kappa shape index (κ3) is 3.08. The number of carbonyl (C=O) groups is 1. The Hall–Kier alpha value is -2.07. The van der Waals surface area contributed by atoms with Crippen LogP contribution in [0.1, 0.15) is 21.7 Å². The van der Waals surface area contributed by atoms with Crippen molar-refractivity contribution in [2.45, 2.75) is 13.5 Å². The van der Waals surface area contributed by atoms with Gasteiger partial charge >= 0.3 is 0 Å². The van der Waals surface area contributed by atoms with Gasteiger partial charge in [0, 0.05) is 12.7 Å². The number of amides is 1. The minimum atomic E-state index is -0.175. The lowest BCUT2D eigenvalue weighted by molar-refractivity contribution is 0.0783. The molecule has 0 unspecified atom stereocenters. The number of nitrogens with zero attached hydrogens (tertiary/aromatic N) is 2. The highest BCUT2D eigenvalue weighted by atomic mass is 35.5. The van der Waals surface area contributed by atoms with Crippen LogP contribution in [0.3, 0.4) is 0 Å². The number of aryl methyl sites for hydroxylation is 1. The average molecular weight is 290 g/mol. The Kier molecular flexibility index (Phi) is 4.25. The van der Waals surface area contributed by atoms with Gasteiger partial charge in [0.05, 0.1) is 28.5 Å². The molecule has 2 N–H and O–H groups in total. The van der Waals surface area contributed by atoms with E-state index in [1.54, 1.807) is 30.1 Å². The van der Waals surface area contributed by atoms with Crippen molar-refractivity contribution in [3.63, 3.8) is 0 Å². The summed E-state index contributed by atoms with van der Waals surface area (Å²) >= 11 is 6.07. The molecular formula is C15H16ClN3O. The van der Waals surface area contributed by atoms with Crippen LogP contribution in [0.4, 0.5) is 5.69 Å². The molecule has 2 aromatic rings. The topological polar surface area (TPSA) is 59.2 Å². The summed E-state index contributed by atoms with van der Waals surface area (Å²) in [6.07, 6.45) is 0. The lowest BCUT2D eigenvalue weighted by Crippen LogP contribution is -2.27. The zero-order chi connectivity index (χ0) is 14.7. The molecular weight excluding hydrogens is 274 g/mol. The van der Waals surface area contributed by atoms with Crippen LogP contribution in [-0.4, -0.2) is 22.8 Å². The molecule has 0 atom stereocenters. The van der Waals surface area contributed by atoms with Crippen molar-refractivity contribution in [2.75, 3.05) is 12.8 Å². The van der Waals surface area contributed by atoms with Gasteiger partial charge in [-0.05, 0) is 31.2 Å². The number of nitrogen functional groups attached to an aromatic ring is 1. The summed E-state index contributed by atoms with van der Waals surface area (Å²) in [5.41, 5.74) is 8.28. The number of anilines is 1. The lowest BCUT2D eigenvalue weighted by atomic mass is 10.1. The van der Waals surface area contributed by atoms with E-state index in [2.05, 4.69) is 4.98 Å². The Morgan fingerprint density at radius 1 is 1.30 bits per heavy atom. The first kappa shape index (κ1) is 14.3. The van der Waals surface area contributed by atoms with Crippen LogP contribution in [0.25, 0.3) is 0 Å². The van der Waals surface area contributed by atoms with E-state index in [1.165, 1.54) is 0 Å².